The second kappa shape index (κ2) is 11.7. The van der Waals surface area contributed by atoms with Crippen molar-refractivity contribution in [1.29, 1.82) is 0 Å². The van der Waals surface area contributed by atoms with Gasteiger partial charge in [0.1, 0.15) is 11.2 Å². The zero-order valence-electron chi connectivity index (χ0n) is 28.6. The molecular formula is C50H30N2O. The van der Waals surface area contributed by atoms with Crippen LogP contribution in [0.2, 0.25) is 0 Å². The molecule has 2 aromatic heterocycles. The van der Waals surface area contributed by atoms with Gasteiger partial charge in [-0.25, -0.2) is 4.98 Å². The van der Waals surface area contributed by atoms with E-state index < -0.39 is 0 Å². The normalized spacial score (nSPS) is 11.8. The van der Waals surface area contributed by atoms with Gasteiger partial charge >= 0.3 is 0 Å². The molecule has 0 unspecified atom stereocenters. The van der Waals surface area contributed by atoms with Crippen LogP contribution in [0.25, 0.3) is 110 Å². The van der Waals surface area contributed by atoms with Crippen molar-refractivity contribution in [1.82, 2.24) is 9.97 Å². The largest absolute Gasteiger partial charge is 0.456 e. The Kier molecular flexibility index (Phi) is 6.55. The van der Waals surface area contributed by atoms with Gasteiger partial charge in [-0.2, -0.15) is 0 Å². The SMILES string of the molecule is c1cc(-c2ccc(-c3ccc(-c4ccc5oc6ccccc6c5c4)c4ccccc34)cc2)cc(-c2cnc3c4ccccc4c4ccccc4c3n2)c1. The maximum Gasteiger partial charge on any atom is 0.135 e. The lowest BCUT2D eigenvalue weighted by atomic mass is 9.91. The molecule has 0 spiro atoms. The van der Waals surface area contributed by atoms with Gasteiger partial charge in [0.15, 0.2) is 0 Å². The molecule has 0 saturated carbocycles. The van der Waals surface area contributed by atoms with Gasteiger partial charge in [0.05, 0.1) is 22.9 Å². The fraction of sp³-hybridized carbons (Fsp3) is 0. The van der Waals surface area contributed by atoms with Crippen molar-refractivity contribution in [2.24, 2.45) is 0 Å². The molecule has 0 radical (unpaired) electrons. The van der Waals surface area contributed by atoms with Crippen molar-refractivity contribution in [3.8, 4) is 44.6 Å². The Bertz CT molecular complexity index is 3190. The molecule has 0 aliphatic heterocycles. The van der Waals surface area contributed by atoms with Crippen molar-refractivity contribution >= 4 is 65.3 Å². The average molecular weight is 675 g/mol. The van der Waals surface area contributed by atoms with Gasteiger partial charge in [0.2, 0.25) is 0 Å². The molecule has 11 rings (SSSR count). The molecule has 53 heavy (non-hydrogen) atoms. The Balaban J connectivity index is 0.953. The maximum atomic E-state index is 6.11. The predicted molar refractivity (Wildman–Crippen MR) is 221 cm³/mol. The van der Waals surface area contributed by atoms with Crippen LogP contribution in [-0.4, -0.2) is 9.97 Å². The number of fused-ring (bicyclic) bond motifs is 10. The molecule has 11 aromatic rings. The summed E-state index contributed by atoms with van der Waals surface area (Å²) in [6, 6.07) is 62.5. The highest BCUT2D eigenvalue weighted by Gasteiger charge is 2.15. The zero-order valence-corrected chi connectivity index (χ0v) is 28.6. The Morgan fingerprint density at radius 3 is 1.60 bits per heavy atom. The third-order valence-corrected chi connectivity index (χ3v) is 10.7. The molecule has 0 amide bonds. The minimum atomic E-state index is 0.864. The van der Waals surface area contributed by atoms with E-state index in [0.717, 1.165) is 66.1 Å². The molecule has 0 saturated heterocycles. The van der Waals surface area contributed by atoms with Crippen molar-refractivity contribution in [3.63, 3.8) is 0 Å². The van der Waals surface area contributed by atoms with Crippen molar-refractivity contribution in [2.75, 3.05) is 0 Å². The molecule has 0 fully saturated rings. The van der Waals surface area contributed by atoms with E-state index >= 15 is 0 Å². The Morgan fingerprint density at radius 1 is 0.321 bits per heavy atom. The second-order valence-electron chi connectivity index (χ2n) is 13.7. The van der Waals surface area contributed by atoms with Gasteiger partial charge in [-0.15, -0.1) is 0 Å². The minimum absolute atomic E-state index is 0.864. The lowest BCUT2D eigenvalue weighted by molar-refractivity contribution is 0.669. The van der Waals surface area contributed by atoms with Gasteiger partial charge in [0.25, 0.3) is 0 Å². The van der Waals surface area contributed by atoms with E-state index in [1.54, 1.807) is 0 Å². The lowest BCUT2D eigenvalue weighted by Gasteiger charge is -2.13. The summed E-state index contributed by atoms with van der Waals surface area (Å²) < 4.78 is 6.11. The van der Waals surface area contributed by atoms with Crippen LogP contribution in [0.4, 0.5) is 0 Å². The van der Waals surface area contributed by atoms with E-state index in [1.165, 1.54) is 43.8 Å². The summed E-state index contributed by atoms with van der Waals surface area (Å²) in [7, 11) is 0. The summed E-state index contributed by atoms with van der Waals surface area (Å²) in [4.78, 5) is 10.2. The van der Waals surface area contributed by atoms with E-state index in [1.807, 2.05) is 18.3 Å². The van der Waals surface area contributed by atoms with Gasteiger partial charge in [-0.05, 0) is 79.2 Å². The summed E-state index contributed by atoms with van der Waals surface area (Å²) >= 11 is 0. The van der Waals surface area contributed by atoms with Gasteiger partial charge < -0.3 is 4.42 Å². The summed E-state index contributed by atoms with van der Waals surface area (Å²) in [5.74, 6) is 0. The van der Waals surface area contributed by atoms with Crippen LogP contribution in [0.15, 0.2) is 187 Å². The third kappa shape index (κ3) is 4.75. The monoisotopic (exact) mass is 674 g/mol. The molecule has 0 aliphatic rings. The number of rotatable bonds is 4. The third-order valence-electron chi connectivity index (χ3n) is 10.7. The summed E-state index contributed by atoms with van der Waals surface area (Å²) in [6.07, 6.45) is 1.91. The molecule has 0 bridgehead atoms. The lowest BCUT2D eigenvalue weighted by Crippen LogP contribution is -1.92. The number of hydrogen-bond acceptors (Lipinski definition) is 3. The summed E-state index contributed by atoms with van der Waals surface area (Å²) in [5, 5.41) is 9.38. The number of aromatic nitrogens is 2. The first-order valence-corrected chi connectivity index (χ1v) is 18.0. The topological polar surface area (TPSA) is 38.9 Å². The molecule has 9 aromatic carbocycles. The number of hydrogen-bond donors (Lipinski definition) is 0. The van der Waals surface area contributed by atoms with Crippen LogP contribution in [0.5, 0.6) is 0 Å². The highest BCUT2D eigenvalue weighted by molar-refractivity contribution is 6.23. The predicted octanol–water partition coefficient (Wildman–Crippen LogP) is 13.7. The molecule has 3 nitrogen and oxygen atoms in total. The average Bonchev–Trinajstić information content (AvgIpc) is 3.61. The molecule has 0 aliphatic carbocycles. The van der Waals surface area contributed by atoms with Crippen LogP contribution in [0, 0.1) is 0 Å². The van der Waals surface area contributed by atoms with Gasteiger partial charge in [-0.1, -0.05) is 152 Å². The Morgan fingerprint density at radius 2 is 0.868 bits per heavy atom. The fourth-order valence-electron chi connectivity index (χ4n) is 8.16. The summed E-state index contributed by atoms with van der Waals surface area (Å²) in [6.45, 7) is 0. The van der Waals surface area contributed by atoms with E-state index in [2.05, 4.69) is 164 Å². The van der Waals surface area contributed by atoms with Crippen molar-refractivity contribution in [2.45, 2.75) is 0 Å². The molecule has 0 N–H and O–H groups in total. The minimum Gasteiger partial charge on any atom is -0.456 e. The number of nitrogens with zero attached hydrogens (tertiary/aromatic N) is 2. The fourth-order valence-corrected chi connectivity index (χ4v) is 8.16. The van der Waals surface area contributed by atoms with Crippen LogP contribution < -0.4 is 0 Å². The Hall–Kier alpha value is -7.10. The van der Waals surface area contributed by atoms with E-state index in [-0.39, 0.29) is 0 Å². The molecule has 0 atom stereocenters. The van der Waals surface area contributed by atoms with E-state index in [9.17, 15) is 0 Å². The first kappa shape index (κ1) is 29.6. The zero-order chi connectivity index (χ0) is 34.9. The van der Waals surface area contributed by atoms with Crippen LogP contribution >= 0.6 is 0 Å². The van der Waals surface area contributed by atoms with Crippen molar-refractivity contribution < 1.29 is 4.42 Å². The van der Waals surface area contributed by atoms with Gasteiger partial charge in [-0.3, -0.25) is 4.98 Å². The smallest absolute Gasteiger partial charge is 0.135 e. The number of furan rings is 1. The molecular weight excluding hydrogens is 645 g/mol. The molecule has 246 valence electrons. The highest BCUT2D eigenvalue weighted by atomic mass is 16.3. The van der Waals surface area contributed by atoms with Crippen LogP contribution in [0.3, 0.4) is 0 Å². The number of para-hydroxylation sites is 1. The van der Waals surface area contributed by atoms with Gasteiger partial charge in [0, 0.05) is 27.1 Å². The first-order chi connectivity index (χ1) is 26.3. The first-order valence-electron chi connectivity index (χ1n) is 18.0. The standard InChI is InChI=1S/C50H30N2O/c1-2-13-39-37(34-24-27-48-45(29-34)42-16-7-8-19-47(42)53-48)26-25-36(38(39)12-1)32-22-20-31(21-23-32)33-10-9-11-35(28-33)46-30-51-49-43-17-5-3-14-40(43)41-15-4-6-18-44(41)50(49)52-46/h1-30H. The quantitative estimate of drug-likeness (QED) is 0.174. The highest BCUT2D eigenvalue weighted by Crippen LogP contribution is 2.39. The van der Waals surface area contributed by atoms with E-state index in [4.69, 9.17) is 14.4 Å². The van der Waals surface area contributed by atoms with Crippen molar-refractivity contribution in [3.05, 3.63) is 182 Å². The number of benzene rings is 9. The molecule has 2 heterocycles. The van der Waals surface area contributed by atoms with Crippen LogP contribution in [-0.2, 0) is 0 Å². The second-order valence-corrected chi connectivity index (χ2v) is 13.7. The molecule has 3 heteroatoms. The maximum absolute atomic E-state index is 6.11. The Labute approximate surface area is 305 Å². The van der Waals surface area contributed by atoms with E-state index in [0.29, 0.717) is 0 Å². The van der Waals surface area contributed by atoms with Crippen LogP contribution in [0.1, 0.15) is 0 Å². The summed E-state index contributed by atoms with van der Waals surface area (Å²) in [5.41, 5.74) is 12.7.